The van der Waals surface area contributed by atoms with Crippen LogP contribution >= 0.6 is 0 Å². The highest BCUT2D eigenvalue weighted by Crippen LogP contribution is 2.27. The van der Waals surface area contributed by atoms with E-state index in [0.29, 0.717) is 12.4 Å². The van der Waals surface area contributed by atoms with Crippen molar-refractivity contribution in [2.24, 2.45) is 0 Å². The molecule has 0 radical (unpaired) electrons. The molecule has 24 heavy (non-hydrogen) atoms. The van der Waals surface area contributed by atoms with Gasteiger partial charge in [-0.25, -0.2) is 15.0 Å². The van der Waals surface area contributed by atoms with Crippen molar-refractivity contribution in [1.82, 2.24) is 19.5 Å². The predicted molar refractivity (Wildman–Crippen MR) is 89.6 cm³/mol. The van der Waals surface area contributed by atoms with Crippen LogP contribution in [-0.4, -0.2) is 31.2 Å². The molecule has 7 nitrogen and oxygen atoms in total. The summed E-state index contributed by atoms with van der Waals surface area (Å²) in [5.41, 5.74) is 2.57. The van der Waals surface area contributed by atoms with E-state index in [2.05, 4.69) is 20.3 Å². The van der Waals surface area contributed by atoms with Gasteiger partial charge < -0.3 is 15.2 Å². The highest BCUT2D eigenvalue weighted by Gasteiger charge is 2.19. The third-order valence-corrected chi connectivity index (χ3v) is 4.22. The number of rotatable bonds is 4. The molecule has 0 aliphatic carbocycles. The van der Waals surface area contributed by atoms with Crippen LogP contribution in [0.25, 0.3) is 11.2 Å². The van der Waals surface area contributed by atoms with Gasteiger partial charge in [0.1, 0.15) is 18.3 Å². The maximum Gasteiger partial charge on any atom is 0.167 e. The number of aromatic nitrogens is 4. The third kappa shape index (κ3) is 2.90. The van der Waals surface area contributed by atoms with Crippen molar-refractivity contribution in [3.8, 4) is 5.75 Å². The van der Waals surface area contributed by atoms with Crippen LogP contribution in [-0.2, 0) is 11.3 Å². The van der Waals surface area contributed by atoms with E-state index in [9.17, 15) is 5.11 Å². The van der Waals surface area contributed by atoms with E-state index in [-0.39, 0.29) is 12.0 Å². The van der Waals surface area contributed by atoms with Crippen molar-refractivity contribution >= 4 is 17.0 Å². The Morgan fingerprint density at radius 3 is 2.83 bits per heavy atom. The lowest BCUT2D eigenvalue weighted by atomic mass is 10.2. The second-order valence-corrected chi connectivity index (χ2v) is 5.89. The van der Waals surface area contributed by atoms with E-state index < -0.39 is 0 Å². The molecule has 2 aromatic heterocycles. The number of imidazole rings is 1. The molecule has 1 atom stereocenters. The molecule has 1 aromatic carbocycles. The summed E-state index contributed by atoms with van der Waals surface area (Å²) in [5.74, 6) is 0.956. The number of hydrogen-bond donors (Lipinski definition) is 2. The zero-order valence-corrected chi connectivity index (χ0v) is 13.2. The Bertz CT molecular complexity index is 825. The van der Waals surface area contributed by atoms with Gasteiger partial charge in [-0.3, -0.25) is 4.57 Å². The van der Waals surface area contributed by atoms with Gasteiger partial charge in [-0.2, -0.15) is 0 Å². The van der Waals surface area contributed by atoms with Crippen molar-refractivity contribution in [3.05, 3.63) is 42.5 Å². The molecule has 0 saturated carbocycles. The first-order valence-corrected chi connectivity index (χ1v) is 8.12. The van der Waals surface area contributed by atoms with Gasteiger partial charge in [0.05, 0.1) is 6.33 Å². The lowest BCUT2D eigenvalue weighted by molar-refractivity contribution is -0.0298. The molecule has 0 spiro atoms. The fourth-order valence-electron chi connectivity index (χ4n) is 2.93. The van der Waals surface area contributed by atoms with Gasteiger partial charge in [-0.1, -0.05) is 12.1 Å². The van der Waals surface area contributed by atoms with Crippen molar-refractivity contribution in [1.29, 1.82) is 0 Å². The number of anilines is 1. The number of benzene rings is 1. The van der Waals surface area contributed by atoms with Crippen molar-refractivity contribution in [3.63, 3.8) is 0 Å². The molecule has 3 heterocycles. The fourth-order valence-corrected chi connectivity index (χ4v) is 2.93. The van der Waals surface area contributed by atoms with Crippen LogP contribution in [0, 0.1) is 0 Å². The van der Waals surface area contributed by atoms with E-state index >= 15 is 0 Å². The molecule has 1 saturated heterocycles. The SMILES string of the molecule is Oc1ccc(CNc2ncnc3c2ncn3C2CCCCO2)cc1. The van der Waals surface area contributed by atoms with Crippen LogP contribution in [0.1, 0.15) is 31.1 Å². The van der Waals surface area contributed by atoms with Crippen LogP contribution in [0.2, 0.25) is 0 Å². The number of nitrogens with one attached hydrogen (secondary N) is 1. The molecule has 2 N–H and O–H groups in total. The monoisotopic (exact) mass is 325 g/mol. The largest absolute Gasteiger partial charge is 0.508 e. The molecule has 0 amide bonds. The Hall–Kier alpha value is -2.67. The molecule has 1 aliphatic heterocycles. The summed E-state index contributed by atoms with van der Waals surface area (Å²) >= 11 is 0. The first kappa shape index (κ1) is 14.9. The van der Waals surface area contributed by atoms with Gasteiger partial charge in [-0.15, -0.1) is 0 Å². The van der Waals surface area contributed by atoms with Gasteiger partial charge in [0.25, 0.3) is 0 Å². The van der Waals surface area contributed by atoms with Crippen LogP contribution in [0.5, 0.6) is 5.75 Å². The zero-order chi connectivity index (χ0) is 16.4. The normalized spacial score (nSPS) is 17.9. The molecule has 1 aliphatic rings. The molecular weight excluding hydrogens is 306 g/mol. The Labute approximate surface area is 139 Å². The molecule has 124 valence electrons. The average molecular weight is 325 g/mol. The minimum absolute atomic E-state index is 0.00333. The highest BCUT2D eigenvalue weighted by atomic mass is 16.5. The molecule has 1 fully saturated rings. The summed E-state index contributed by atoms with van der Waals surface area (Å²) in [6.45, 7) is 1.38. The van der Waals surface area contributed by atoms with Gasteiger partial charge in [0, 0.05) is 13.2 Å². The lowest BCUT2D eigenvalue weighted by Crippen LogP contribution is -2.17. The van der Waals surface area contributed by atoms with Crippen molar-refractivity contribution in [2.45, 2.75) is 32.0 Å². The summed E-state index contributed by atoms with van der Waals surface area (Å²) in [5, 5.41) is 12.6. The second kappa shape index (κ2) is 6.45. The van der Waals surface area contributed by atoms with Crippen molar-refractivity contribution < 1.29 is 9.84 Å². The van der Waals surface area contributed by atoms with Crippen molar-refractivity contribution in [2.75, 3.05) is 11.9 Å². The minimum atomic E-state index is 0.00333. The van der Waals surface area contributed by atoms with Crippen LogP contribution in [0.15, 0.2) is 36.9 Å². The van der Waals surface area contributed by atoms with Gasteiger partial charge in [0.2, 0.25) is 0 Å². The highest BCUT2D eigenvalue weighted by molar-refractivity contribution is 5.82. The first-order chi connectivity index (χ1) is 11.8. The lowest BCUT2D eigenvalue weighted by Gasteiger charge is -2.23. The summed E-state index contributed by atoms with van der Waals surface area (Å²) < 4.78 is 7.82. The molecular formula is C17H19N5O2. The zero-order valence-electron chi connectivity index (χ0n) is 13.2. The van der Waals surface area contributed by atoms with Crippen LogP contribution < -0.4 is 5.32 Å². The number of nitrogens with zero attached hydrogens (tertiary/aromatic N) is 4. The predicted octanol–water partition coefficient (Wildman–Crippen LogP) is 2.84. The second-order valence-electron chi connectivity index (χ2n) is 5.89. The van der Waals surface area contributed by atoms with Gasteiger partial charge >= 0.3 is 0 Å². The Balaban J connectivity index is 1.57. The fraction of sp³-hybridized carbons (Fsp3) is 0.353. The number of hydrogen-bond acceptors (Lipinski definition) is 6. The maximum atomic E-state index is 9.34. The standard InChI is InChI=1S/C17H19N5O2/c23-13-6-4-12(5-7-13)9-18-16-15-17(20-10-19-16)22(11-21-15)14-3-1-2-8-24-14/h4-7,10-11,14,23H,1-3,8-9H2,(H,18,19,20). The van der Waals surface area contributed by atoms with Gasteiger partial charge in [0.15, 0.2) is 17.0 Å². The molecule has 0 bridgehead atoms. The first-order valence-electron chi connectivity index (χ1n) is 8.12. The van der Waals surface area contributed by atoms with E-state index in [1.165, 1.54) is 0 Å². The van der Waals surface area contributed by atoms with E-state index in [1.54, 1.807) is 24.8 Å². The molecule has 7 heteroatoms. The summed E-state index contributed by atoms with van der Waals surface area (Å²) in [4.78, 5) is 13.2. The van der Waals surface area contributed by atoms with Crippen LogP contribution in [0.3, 0.4) is 0 Å². The third-order valence-electron chi connectivity index (χ3n) is 4.22. The average Bonchev–Trinajstić information content (AvgIpc) is 3.07. The number of phenolic OH excluding ortho intramolecular Hbond substituents is 1. The summed E-state index contributed by atoms with van der Waals surface area (Å²) in [6, 6.07) is 7.08. The number of fused-ring (bicyclic) bond motifs is 1. The number of ether oxygens (including phenoxy) is 1. The van der Waals surface area contributed by atoms with E-state index in [4.69, 9.17) is 4.74 Å². The Morgan fingerprint density at radius 2 is 2.04 bits per heavy atom. The quantitative estimate of drug-likeness (QED) is 0.767. The topological polar surface area (TPSA) is 85.1 Å². The Morgan fingerprint density at radius 1 is 1.17 bits per heavy atom. The molecule has 3 aromatic rings. The van der Waals surface area contributed by atoms with E-state index in [0.717, 1.165) is 42.6 Å². The number of aromatic hydroxyl groups is 1. The van der Waals surface area contributed by atoms with Crippen LogP contribution in [0.4, 0.5) is 5.82 Å². The summed E-state index contributed by atoms with van der Waals surface area (Å²) in [6.07, 6.45) is 6.57. The van der Waals surface area contributed by atoms with E-state index in [1.807, 2.05) is 16.7 Å². The maximum absolute atomic E-state index is 9.34. The molecule has 4 rings (SSSR count). The Kier molecular flexibility index (Phi) is 4.00. The van der Waals surface area contributed by atoms with Gasteiger partial charge in [-0.05, 0) is 37.0 Å². The smallest absolute Gasteiger partial charge is 0.167 e. The summed E-state index contributed by atoms with van der Waals surface area (Å²) in [7, 11) is 0. The number of phenols is 1. The minimum Gasteiger partial charge on any atom is -0.508 e. The molecule has 1 unspecified atom stereocenters.